The van der Waals surface area contributed by atoms with Crippen molar-refractivity contribution in [1.29, 1.82) is 0 Å². The molecule has 3 nitrogen and oxygen atoms in total. The van der Waals surface area contributed by atoms with Crippen LogP contribution in [0.25, 0.3) is 6.08 Å². The first-order valence-corrected chi connectivity index (χ1v) is 9.34. The molecule has 2 aromatic carbocycles. The lowest BCUT2D eigenvalue weighted by Gasteiger charge is -2.34. The van der Waals surface area contributed by atoms with E-state index in [1.165, 1.54) is 6.42 Å². The Morgan fingerprint density at radius 1 is 1.04 bits per heavy atom. The van der Waals surface area contributed by atoms with Crippen LogP contribution in [0.15, 0.2) is 60.7 Å². The summed E-state index contributed by atoms with van der Waals surface area (Å²) in [5, 5.41) is 0. The molecule has 2 unspecified atom stereocenters. The van der Waals surface area contributed by atoms with Crippen LogP contribution in [-0.2, 0) is 11.4 Å². The molecule has 1 fully saturated rings. The molecular weight excluding hydrogens is 322 g/mol. The zero-order chi connectivity index (χ0) is 18.4. The van der Waals surface area contributed by atoms with Crippen LogP contribution in [0.2, 0.25) is 0 Å². The number of carbonyl (C=O) groups is 1. The number of carbonyl (C=O) groups excluding carboxylic acids is 1. The predicted octanol–water partition coefficient (Wildman–Crippen LogP) is 4.78. The molecule has 1 heterocycles. The van der Waals surface area contributed by atoms with E-state index in [4.69, 9.17) is 4.74 Å². The first-order valence-electron chi connectivity index (χ1n) is 9.34. The Morgan fingerprint density at radius 3 is 2.35 bits per heavy atom. The SMILES string of the molecule is CC1CC(C)CN(C(=O)/C=C/c2ccc(OCc3ccccc3)cc2)C1. The minimum atomic E-state index is 0.104. The van der Waals surface area contributed by atoms with Gasteiger partial charge in [0.15, 0.2) is 0 Å². The van der Waals surface area contributed by atoms with Gasteiger partial charge in [-0.3, -0.25) is 4.79 Å². The lowest BCUT2D eigenvalue weighted by atomic mass is 9.92. The van der Waals surface area contributed by atoms with Gasteiger partial charge in [-0.2, -0.15) is 0 Å². The molecule has 2 atom stereocenters. The smallest absolute Gasteiger partial charge is 0.246 e. The number of hydrogen-bond acceptors (Lipinski definition) is 2. The van der Waals surface area contributed by atoms with Gasteiger partial charge in [0.25, 0.3) is 0 Å². The number of nitrogens with zero attached hydrogens (tertiary/aromatic N) is 1. The van der Waals surface area contributed by atoms with Crippen molar-refractivity contribution in [3.8, 4) is 5.75 Å². The molecule has 136 valence electrons. The molecule has 3 heteroatoms. The number of benzene rings is 2. The molecule has 0 bridgehead atoms. The topological polar surface area (TPSA) is 29.5 Å². The lowest BCUT2D eigenvalue weighted by Crippen LogP contribution is -2.41. The second-order valence-corrected chi connectivity index (χ2v) is 7.37. The highest BCUT2D eigenvalue weighted by molar-refractivity contribution is 5.91. The lowest BCUT2D eigenvalue weighted by molar-refractivity contribution is -0.128. The van der Waals surface area contributed by atoms with Crippen LogP contribution in [0.5, 0.6) is 5.75 Å². The van der Waals surface area contributed by atoms with E-state index in [-0.39, 0.29) is 5.91 Å². The summed E-state index contributed by atoms with van der Waals surface area (Å²) in [5.41, 5.74) is 2.15. The molecule has 0 aromatic heterocycles. The number of rotatable bonds is 5. The Balaban J connectivity index is 1.53. The first kappa shape index (κ1) is 18.2. The first-order chi connectivity index (χ1) is 12.6. The molecule has 0 radical (unpaired) electrons. The molecule has 0 aliphatic carbocycles. The van der Waals surface area contributed by atoms with Crippen LogP contribution in [0.3, 0.4) is 0 Å². The van der Waals surface area contributed by atoms with Crippen LogP contribution in [0.1, 0.15) is 31.4 Å². The Kier molecular flexibility index (Phi) is 6.11. The van der Waals surface area contributed by atoms with Crippen LogP contribution in [0, 0.1) is 11.8 Å². The molecule has 1 aliphatic rings. The highest BCUT2D eigenvalue weighted by atomic mass is 16.5. The number of hydrogen-bond donors (Lipinski definition) is 0. The summed E-state index contributed by atoms with van der Waals surface area (Å²) in [6.45, 7) is 6.71. The molecule has 2 aromatic rings. The van der Waals surface area contributed by atoms with Gasteiger partial charge < -0.3 is 9.64 Å². The summed E-state index contributed by atoms with van der Waals surface area (Å²) >= 11 is 0. The average molecular weight is 349 g/mol. The monoisotopic (exact) mass is 349 g/mol. The fourth-order valence-electron chi connectivity index (χ4n) is 3.53. The Labute approximate surface area is 156 Å². The Morgan fingerprint density at radius 2 is 1.69 bits per heavy atom. The normalized spacial score (nSPS) is 20.3. The second-order valence-electron chi connectivity index (χ2n) is 7.37. The maximum atomic E-state index is 12.4. The van der Waals surface area contributed by atoms with Crippen molar-refractivity contribution in [2.75, 3.05) is 13.1 Å². The van der Waals surface area contributed by atoms with E-state index in [2.05, 4.69) is 13.8 Å². The van der Waals surface area contributed by atoms with Gasteiger partial charge in [0.2, 0.25) is 5.91 Å². The number of likely N-dealkylation sites (tertiary alicyclic amines) is 1. The minimum Gasteiger partial charge on any atom is -0.489 e. The van der Waals surface area contributed by atoms with E-state index < -0.39 is 0 Å². The largest absolute Gasteiger partial charge is 0.489 e. The number of ether oxygens (including phenoxy) is 1. The summed E-state index contributed by atoms with van der Waals surface area (Å²) in [4.78, 5) is 14.4. The van der Waals surface area contributed by atoms with E-state index in [0.29, 0.717) is 18.4 Å². The van der Waals surface area contributed by atoms with Crippen molar-refractivity contribution in [1.82, 2.24) is 4.90 Å². The van der Waals surface area contributed by atoms with Gasteiger partial charge >= 0.3 is 0 Å². The predicted molar refractivity (Wildman–Crippen MR) is 106 cm³/mol. The Bertz CT molecular complexity index is 727. The molecule has 3 rings (SSSR count). The van der Waals surface area contributed by atoms with E-state index in [1.807, 2.05) is 65.6 Å². The van der Waals surface area contributed by atoms with Gasteiger partial charge in [0.05, 0.1) is 0 Å². The third kappa shape index (κ3) is 5.22. The highest BCUT2D eigenvalue weighted by Gasteiger charge is 2.23. The standard InChI is InChI=1S/C23H27NO2/c1-18-14-19(2)16-24(15-18)23(25)13-10-20-8-11-22(12-9-20)26-17-21-6-4-3-5-7-21/h3-13,18-19H,14-17H2,1-2H3/b13-10+. The summed E-state index contributed by atoms with van der Waals surface area (Å²) in [6.07, 6.45) is 4.77. The maximum Gasteiger partial charge on any atom is 0.246 e. The maximum absolute atomic E-state index is 12.4. The van der Waals surface area contributed by atoms with Crippen LogP contribution in [-0.4, -0.2) is 23.9 Å². The molecule has 0 N–H and O–H groups in total. The van der Waals surface area contributed by atoms with E-state index in [9.17, 15) is 4.79 Å². The zero-order valence-corrected chi connectivity index (χ0v) is 15.6. The van der Waals surface area contributed by atoms with E-state index in [0.717, 1.165) is 30.0 Å². The van der Waals surface area contributed by atoms with Crippen molar-refractivity contribution in [2.24, 2.45) is 11.8 Å². The van der Waals surface area contributed by atoms with E-state index >= 15 is 0 Å². The molecule has 26 heavy (non-hydrogen) atoms. The minimum absolute atomic E-state index is 0.104. The fourth-order valence-corrected chi connectivity index (χ4v) is 3.53. The van der Waals surface area contributed by atoms with Crippen LogP contribution in [0.4, 0.5) is 0 Å². The van der Waals surface area contributed by atoms with Gasteiger partial charge in [-0.15, -0.1) is 0 Å². The quantitative estimate of drug-likeness (QED) is 0.727. The van der Waals surface area contributed by atoms with Crippen molar-refractivity contribution in [3.63, 3.8) is 0 Å². The average Bonchev–Trinajstić information content (AvgIpc) is 2.65. The number of amides is 1. The third-order valence-electron chi connectivity index (χ3n) is 4.73. The number of piperidine rings is 1. The van der Waals surface area contributed by atoms with Gasteiger partial charge in [-0.25, -0.2) is 0 Å². The highest BCUT2D eigenvalue weighted by Crippen LogP contribution is 2.21. The van der Waals surface area contributed by atoms with Gasteiger partial charge in [-0.1, -0.05) is 56.3 Å². The second kappa shape index (κ2) is 8.70. The van der Waals surface area contributed by atoms with E-state index in [1.54, 1.807) is 6.08 Å². The fraction of sp³-hybridized carbons (Fsp3) is 0.348. The molecule has 1 aliphatic heterocycles. The van der Waals surface area contributed by atoms with Crippen molar-refractivity contribution in [3.05, 3.63) is 71.8 Å². The van der Waals surface area contributed by atoms with Crippen LogP contribution < -0.4 is 4.74 Å². The van der Waals surface area contributed by atoms with Gasteiger partial charge in [-0.05, 0) is 47.6 Å². The Hall–Kier alpha value is -2.55. The van der Waals surface area contributed by atoms with Crippen molar-refractivity contribution in [2.45, 2.75) is 26.9 Å². The zero-order valence-electron chi connectivity index (χ0n) is 15.6. The molecule has 0 spiro atoms. The van der Waals surface area contributed by atoms with Gasteiger partial charge in [0, 0.05) is 19.2 Å². The van der Waals surface area contributed by atoms with Crippen LogP contribution >= 0.6 is 0 Å². The summed E-state index contributed by atoms with van der Waals surface area (Å²) in [6, 6.07) is 17.9. The summed E-state index contributed by atoms with van der Waals surface area (Å²) in [5.74, 6) is 2.10. The molecule has 1 amide bonds. The van der Waals surface area contributed by atoms with Crippen molar-refractivity contribution >= 4 is 12.0 Å². The van der Waals surface area contributed by atoms with Gasteiger partial charge in [0.1, 0.15) is 12.4 Å². The summed E-state index contributed by atoms with van der Waals surface area (Å²) < 4.78 is 5.79. The third-order valence-corrected chi connectivity index (χ3v) is 4.73. The molecule has 0 saturated carbocycles. The molecule has 1 saturated heterocycles. The summed E-state index contributed by atoms with van der Waals surface area (Å²) in [7, 11) is 0. The van der Waals surface area contributed by atoms with Crippen molar-refractivity contribution < 1.29 is 9.53 Å². The molecular formula is C23H27NO2.